The van der Waals surface area contributed by atoms with E-state index in [0.717, 1.165) is 37.0 Å². The van der Waals surface area contributed by atoms with Gasteiger partial charge in [-0.2, -0.15) is 0 Å². The molecule has 0 spiro atoms. The molecule has 0 radical (unpaired) electrons. The minimum absolute atomic E-state index is 0.257. The van der Waals surface area contributed by atoms with Crippen LogP contribution >= 0.6 is 11.8 Å². The van der Waals surface area contributed by atoms with Crippen LogP contribution in [0.4, 0.5) is 0 Å². The van der Waals surface area contributed by atoms with Crippen LogP contribution in [0.1, 0.15) is 25.7 Å². The van der Waals surface area contributed by atoms with E-state index >= 15 is 0 Å². The summed E-state index contributed by atoms with van der Waals surface area (Å²) >= 11 is 6.26. The lowest BCUT2D eigenvalue weighted by molar-refractivity contribution is 0.473. The maximum atomic E-state index is 6.26. The molecule has 0 aliphatic heterocycles. The summed E-state index contributed by atoms with van der Waals surface area (Å²) in [6, 6.07) is 0. The van der Waals surface area contributed by atoms with E-state index in [1.165, 1.54) is 0 Å². The van der Waals surface area contributed by atoms with Crippen LogP contribution in [0.25, 0.3) is 0 Å². The van der Waals surface area contributed by atoms with Gasteiger partial charge >= 0.3 is 0 Å². The summed E-state index contributed by atoms with van der Waals surface area (Å²) in [5, 5.41) is 0. The molecule has 0 aromatic rings. The second kappa shape index (κ2) is 5.37. The summed E-state index contributed by atoms with van der Waals surface area (Å²) in [4.78, 5) is 0. The first-order valence-electron chi connectivity index (χ1n) is 5.73. The molecule has 0 bridgehead atoms. The molecule has 1 unspecified atom stereocenters. The maximum Gasteiger partial charge on any atom is 0.119 e. The number of rotatable bonds is 3. The smallest absolute Gasteiger partial charge is 0.119 e. The highest BCUT2D eigenvalue weighted by Gasteiger charge is 2.17. The SMILES string of the molecule is NC(C1=CCCC=C1)N(Cl)C1=CCCC=C1. The Morgan fingerprint density at radius 1 is 1.06 bits per heavy atom. The van der Waals surface area contributed by atoms with Crippen molar-refractivity contribution in [3.63, 3.8) is 0 Å². The van der Waals surface area contributed by atoms with E-state index in [4.69, 9.17) is 17.5 Å². The molecule has 0 heterocycles. The van der Waals surface area contributed by atoms with Crippen molar-refractivity contribution in [1.82, 2.24) is 4.42 Å². The summed E-state index contributed by atoms with van der Waals surface area (Å²) in [6.07, 6.45) is 16.7. The summed E-state index contributed by atoms with van der Waals surface area (Å²) < 4.78 is 1.62. The molecular formula is C13H17ClN2. The Balaban J connectivity index is 2.06. The first-order chi connectivity index (χ1) is 7.79. The van der Waals surface area contributed by atoms with Gasteiger partial charge in [-0.25, -0.2) is 0 Å². The molecule has 2 rings (SSSR count). The van der Waals surface area contributed by atoms with Crippen molar-refractivity contribution in [2.75, 3.05) is 0 Å². The van der Waals surface area contributed by atoms with Gasteiger partial charge in [-0.15, -0.1) is 0 Å². The van der Waals surface area contributed by atoms with Gasteiger partial charge in [0.15, 0.2) is 0 Å². The van der Waals surface area contributed by atoms with Gasteiger partial charge < -0.3 is 5.73 Å². The lowest BCUT2D eigenvalue weighted by atomic mass is 10.0. The Bertz CT molecular complexity index is 330. The second-order valence-corrected chi connectivity index (χ2v) is 4.41. The van der Waals surface area contributed by atoms with Crippen molar-refractivity contribution < 1.29 is 0 Å². The third-order valence-corrected chi connectivity index (χ3v) is 3.24. The molecule has 0 saturated heterocycles. The van der Waals surface area contributed by atoms with E-state index in [2.05, 4.69) is 30.4 Å². The average Bonchev–Trinajstić information content (AvgIpc) is 2.39. The van der Waals surface area contributed by atoms with Crippen LogP contribution in [0.2, 0.25) is 0 Å². The lowest BCUT2D eigenvalue weighted by Crippen LogP contribution is -2.36. The molecule has 2 N–H and O–H groups in total. The van der Waals surface area contributed by atoms with Crippen molar-refractivity contribution >= 4 is 11.8 Å². The Hall–Kier alpha value is -0.990. The second-order valence-electron chi connectivity index (χ2n) is 4.05. The third-order valence-electron chi connectivity index (χ3n) is 2.83. The molecule has 0 aromatic heterocycles. The van der Waals surface area contributed by atoms with E-state index in [-0.39, 0.29) is 6.17 Å². The number of nitrogens with two attached hydrogens (primary N) is 1. The van der Waals surface area contributed by atoms with Crippen molar-refractivity contribution in [2.45, 2.75) is 31.8 Å². The van der Waals surface area contributed by atoms with Crippen LogP contribution in [0.15, 0.2) is 47.7 Å². The monoisotopic (exact) mass is 236 g/mol. The summed E-state index contributed by atoms with van der Waals surface area (Å²) in [6.45, 7) is 0. The van der Waals surface area contributed by atoms with Gasteiger partial charge in [0.2, 0.25) is 0 Å². The molecule has 3 heteroatoms. The van der Waals surface area contributed by atoms with Crippen molar-refractivity contribution in [3.05, 3.63) is 47.7 Å². The molecule has 2 nitrogen and oxygen atoms in total. The van der Waals surface area contributed by atoms with E-state index in [1.807, 2.05) is 6.08 Å². The number of halogens is 1. The Morgan fingerprint density at radius 2 is 1.75 bits per heavy atom. The van der Waals surface area contributed by atoms with Crippen LogP contribution in [-0.4, -0.2) is 10.6 Å². The van der Waals surface area contributed by atoms with Gasteiger partial charge in [0.1, 0.15) is 6.17 Å². The van der Waals surface area contributed by atoms with E-state index in [9.17, 15) is 0 Å². The highest BCUT2D eigenvalue weighted by molar-refractivity contribution is 6.15. The fourth-order valence-corrected chi connectivity index (χ4v) is 2.14. The third kappa shape index (κ3) is 2.57. The van der Waals surface area contributed by atoms with Gasteiger partial charge in [-0.05, 0) is 37.3 Å². The Kier molecular flexibility index (Phi) is 3.86. The molecule has 1 atom stereocenters. The zero-order chi connectivity index (χ0) is 11.4. The minimum atomic E-state index is -0.257. The predicted octanol–water partition coefficient (Wildman–Crippen LogP) is 3.24. The number of allylic oxidation sites excluding steroid dienone is 5. The highest BCUT2D eigenvalue weighted by Crippen LogP contribution is 2.23. The number of hydrogen-bond donors (Lipinski definition) is 1. The van der Waals surface area contributed by atoms with Gasteiger partial charge in [-0.3, -0.25) is 4.42 Å². The van der Waals surface area contributed by atoms with Gasteiger partial charge in [0.25, 0.3) is 0 Å². The van der Waals surface area contributed by atoms with E-state index in [1.54, 1.807) is 4.42 Å². The van der Waals surface area contributed by atoms with Crippen LogP contribution in [0, 0.1) is 0 Å². The summed E-state index contributed by atoms with van der Waals surface area (Å²) in [7, 11) is 0. The molecular weight excluding hydrogens is 220 g/mol. The van der Waals surface area contributed by atoms with Crippen molar-refractivity contribution in [2.24, 2.45) is 5.73 Å². The molecule has 0 amide bonds. The van der Waals surface area contributed by atoms with Gasteiger partial charge in [0, 0.05) is 11.8 Å². The summed E-state index contributed by atoms with van der Waals surface area (Å²) in [5.41, 5.74) is 8.22. The van der Waals surface area contributed by atoms with E-state index in [0.29, 0.717) is 0 Å². The first-order valence-corrected chi connectivity index (χ1v) is 6.07. The van der Waals surface area contributed by atoms with Crippen LogP contribution in [-0.2, 0) is 0 Å². The maximum absolute atomic E-state index is 6.26. The zero-order valence-corrected chi connectivity index (χ0v) is 10.0. The summed E-state index contributed by atoms with van der Waals surface area (Å²) in [5.74, 6) is 0. The molecule has 86 valence electrons. The number of hydrogen-bond acceptors (Lipinski definition) is 2. The predicted molar refractivity (Wildman–Crippen MR) is 68.6 cm³/mol. The van der Waals surface area contributed by atoms with Gasteiger partial charge in [0.05, 0.1) is 5.70 Å². The molecule has 0 aromatic carbocycles. The molecule has 2 aliphatic rings. The normalized spacial score (nSPS) is 21.4. The average molecular weight is 237 g/mol. The van der Waals surface area contributed by atoms with Crippen molar-refractivity contribution in [3.8, 4) is 0 Å². The lowest BCUT2D eigenvalue weighted by Gasteiger charge is -2.27. The van der Waals surface area contributed by atoms with Crippen LogP contribution < -0.4 is 5.73 Å². The van der Waals surface area contributed by atoms with Crippen LogP contribution in [0.5, 0.6) is 0 Å². The Labute approximate surface area is 102 Å². The van der Waals surface area contributed by atoms with E-state index < -0.39 is 0 Å². The first kappa shape index (κ1) is 11.5. The number of nitrogens with zero attached hydrogens (tertiary/aromatic N) is 1. The fourth-order valence-electron chi connectivity index (χ4n) is 1.90. The molecule has 16 heavy (non-hydrogen) atoms. The topological polar surface area (TPSA) is 29.3 Å². The molecule has 2 aliphatic carbocycles. The molecule has 0 saturated carbocycles. The van der Waals surface area contributed by atoms with Crippen molar-refractivity contribution in [1.29, 1.82) is 0 Å². The fraction of sp³-hybridized carbons (Fsp3) is 0.385. The minimum Gasteiger partial charge on any atom is -0.306 e. The quantitative estimate of drug-likeness (QED) is 0.602. The molecule has 0 fully saturated rings. The Morgan fingerprint density at radius 3 is 2.31 bits per heavy atom. The van der Waals surface area contributed by atoms with Crippen LogP contribution in [0.3, 0.4) is 0 Å². The standard InChI is InChI=1S/C13H17ClN2/c14-16(12-9-5-2-6-10-12)13(15)11-7-3-1-4-8-11/h3,5,7-10,13H,1-2,4,6,15H2. The largest absolute Gasteiger partial charge is 0.306 e. The zero-order valence-electron chi connectivity index (χ0n) is 9.27. The highest BCUT2D eigenvalue weighted by atomic mass is 35.5. The van der Waals surface area contributed by atoms with Gasteiger partial charge in [-0.1, -0.05) is 30.4 Å².